The van der Waals surface area contributed by atoms with E-state index in [1.807, 2.05) is 0 Å². The van der Waals surface area contributed by atoms with Crippen molar-refractivity contribution in [3.8, 4) is 0 Å². The zero-order valence-electron chi connectivity index (χ0n) is 8.20. The van der Waals surface area contributed by atoms with Gasteiger partial charge in [0.05, 0.1) is 11.3 Å². The quantitative estimate of drug-likeness (QED) is 0.777. The standard InChI is InChI=1S/C9H10ClFO3S/c1-6(14-15(2,12)13)7-4-3-5-8(10)9(7)11/h3-6H,1-2H3. The van der Waals surface area contributed by atoms with Crippen molar-refractivity contribution in [1.29, 1.82) is 0 Å². The summed E-state index contributed by atoms with van der Waals surface area (Å²) in [5.41, 5.74) is 0.118. The molecule has 0 N–H and O–H groups in total. The van der Waals surface area contributed by atoms with Crippen LogP contribution in [0, 0.1) is 5.82 Å². The van der Waals surface area contributed by atoms with Crippen molar-refractivity contribution in [1.82, 2.24) is 0 Å². The number of halogens is 2. The SMILES string of the molecule is CC(OS(C)(=O)=O)c1cccc(Cl)c1F. The zero-order valence-corrected chi connectivity index (χ0v) is 9.77. The molecule has 0 aliphatic rings. The van der Waals surface area contributed by atoms with Gasteiger partial charge >= 0.3 is 0 Å². The topological polar surface area (TPSA) is 43.4 Å². The van der Waals surface area contributed by atoms with E-state index in [9.17, 15) is 12.8 Å². The second kappa shape index (κ2) is 4.47. The van der Waals surface area contributed by atoms with Gasteiger partial charge in [0.2, 0.25) is 0 Å². The van der Waals surface area contributed by atoms with Crippen LogP contribution in [0.1, 0.15) is 18.6 Å². The van der Waals surface area contributed by atoms with E-state index in [-0.39, 0.29) is 10.6 Å². The minimum Gasteiger partial charge on any atom is -0.262 e. The van der Waals surface area contributed by atoms with Gasteiger partial charge in [-0.3, -0.25) is 4.18 Å². The van der Waals surface area contributed by atoms with Gasteiger partial charge in [0, 0.05) is 5.56 Å². The molecule has 15 heavy (non-hydrogen) atoms. The molecule has 6 heteroatoms. The third kappa shape index (κ3) is 3.44. The van der Waals surface area contributed by atoms with E-state index in [1.165, 1.54) is 25.1 Å². The third-order valence-corrected chi connectivity index (χ3v) is 2.67. The first-order chi connectivity index (χ1) is 6.81. The Bertz CT molecular complexity index is 458. The maximum Gasteiger partial charge on any atom is 0.264 e. The Labute approximate surface area is 92.9 Å². The van der Waals surface area contributed by atoms with E-state index >= 15 is 0 Å². The minimum absolute atomic E-state index is 0.0588. The van der Waals surface area contributed by atoms with Gasteiger partial charge in [0.15, 0.2) is 0 Å². The molecule has 0 amide bonds. The molecule has 1 rings (SSSR count). The van der Waals surface area contributed by atoms with E-state index in [4.69, 9.17) is 11.6 Å². The first-order valence-corrected chi connectivity index (χ1v) is 6.33. The first-order valence-electron chi connectivity index (χ1n) is 4.13. The Morgan fingerprint density at radius 1 is 1.47 bits per heavy atom. The van der Waals surface area contributed by atoms with Gasteiger partial charge in [-0.1, -0.05) is 23.7 Å². The molecule has 0 aliphatic heterocycles. The van der Waals surface area contributed by atoms with Crippen LogP contribution in [-0.2, 0) is 14.3 Å². The molecule has 0 heterocycles. The number of benzene rings is 1. The van der Waals surface area contributed by atoms with Crippen molar-refractivity contribution in [2.75, 3.05) is 6.26 Å². The van der Waals surface area contributed by atoms with Crippen LogP contribution in [0.2, 0.25) is 5.02 Å². The molecular weight excluding hydrogens is 243 g/mol. The lowest BCUT2D eigenvalue weighted by Gasteiger charge is -2.12. The molecule has 3 nitrogen and oxygen atoms in total. The smallest absolute Gasteiger partial charge is 0.262 e. The van der Waals surface area contributed by atoms with Crippen LogP contribution in [0.15, 0.2) is 18.2 Å². The van der Waals surface area contributed by atoms with Crippen LogP contribution >= 0.6 is 11.6 Å². The molecule has 0 saturated carbocycles. The normalized spacial score (nSPS) is 13.9. The summed E-state index contributed by atoms with van der Waals surface area (Å²) in [7, 11) is -3.61. The van der Waals surface area contributed by atoms with E-state index in [2.05, 4.69) is 4.18 Å². The van der Waals surface area contributed by atoms with Gasteiger partial charge in [-0.25, -0.2) is 4.39 Å². The Balaban J connectivity index is 3.02. The Morgan fingerprint density at radius 3 is 2.60 bits per heavy atom. The highest BCUT2D eigenvalue weighted by molar-refractivity contribution is 7.86. The lowest BCUT2D eigenvalue weighted by Crippen LogP contribution is -2.09. The minimum atomic E-state index is -3.61. The molecule has 1 aromatic carbocycles. The largest absolute Gasteiger partial charge is 0.264 e. The molecule has 0 spiro atoms. The van der Waals surface area contributed by atoms with Gasteiger partial charge in [-0.05, 0) is 13.0 Å². The molecule has 0 fully saturated rings. The zero-order chi connectivity index (χ0) is 11.6. The van der Waals surface area contributed by atoms with E-state index in [0.717, 1.165) is 6.26 Å². The Hall–Kier alpha value is -0.650. The van der Waals surface area contributed by atoms with Gasteiger partial charge in [-0.15, -0.1) is 0 Å². The van der Waals surface area contributed by atoms with Crippen molar-refractivity contribution < 1.29 is 17.0 Å². The molecule has 0 aliphatic carbocycles. The maximum absolute atomic E-state index is 13.4. The summed E-state index contributed by atoms with van der Waals surface area (Å²) in [4.78, 5) is 0. The predicted molar refractivity (Wildman–Crippen MR) is 55.8 cm³/mol. The summed E-state index contributed by atoms with van der Waals surface area (Å²) in [6.45, 7) is 1.44. The Morgan fingerprint density at radius 2 is 2.07 bits per heavy atom. The van der Waals surface area contributed by atoms with Crippen molar-refractivity contribution >= 4 is 21.7 Å². The second-order valence-electron chi connectivity index (χ2n) is 3.09. The number of hydrogen-bond donors (Lipinski definition) is 0. The van der Waals surface area contributed by atoms with Gasteiger partial charge in [0.25, 0.3) is 10.1 Å². The third-order valence-electron chi connectivity index (χ3n) is 1.74. The summed E-state index contributed by atoms with van der Waals surface area (Å²) < 4.78 is 39.7. The first kappa shape index (κ1) is 12.4. The van der Waals surface area contributed by atoms with Crippen LogP contribution in [-0.4, -0.2) is 14.7 Å². The predicted octanol–water partition coefficient (Wildman–Crippen LogP) is 2.52. The Kier molecular flexibility index (Phi) is 3.70. The molecular formula is C9H10ClFO3S. The van der Waals surface area contributed by atoms with Crippen LogP contribution < -0.4 is 0 Å². The van der Waals surface area contributed by atoms with Gasteiger partial charge in [-0.2, -0.15) is 8.42 Å². The highest BCUT2D eigenvalue weighted by atomic mass is 35.5. The lowest BCUT2D eigenvalue weighted by atomic mass is 10.1. The van der Waals surface area contributed by atoms with Gasteiger partial charge < -0.3 is 0 Å². The molecule has 1 aromatic rings. The van der Waals surface area contributed by atoms with Crippen LogP contribution in [0.5, 0.6) is 0 Å². The van der Waals surface area contributed by atoms with E-state index in [0.29, 0.717) is 0 Å². The second-order valence-corrected chi connectivity index (χ2v) is 5.09. The summed E-state index contributed by atoms with van der Waals surface area (Å²) in [5.74, 6) is -0.657. The van der Waals surface area contributed by atoms with Crippen LogP contribution in [0.25, 0.3) is 0 Å². The molecule has 0 radical (unpaired) electrons. The highest BCUT2D eigenvalue weighted by Gasteiger charge is 2.17. The van der Waals surface area contributed by atoms with Gasteiger partial charge in [0.1, 0.15) is 11.9 Å². The number of rotatable bonds is 3. The molecule has 84 valence electrons. The molecule has 0 saturated heterocycles. The average molecular weight is 253 g/mol. The van der Waals surface area contributed by atoms with Crippen molar-refractivity contribution in [2.45, 2.75) is 13.0 Å². The molecule has 0 bridgehead atoms. The van der Waals surface area contributed by atoms with E-state index in [1.54, 1.807) is 0 Å². The van der Waals surface area contributed by atoms with Crippen LogP contribution in [0.4, 0.5) is 4.39 Å². The van der Waals surface area contributed by atoms with Crippen molar-refractivity contribution in [2.24, 2.45) is 0 Å². The van der Waals surface area contributed by atoms with Crippen molar-refractivity contribution in [3.05, 3.63) is 34.6 Å². The monoisotopic (exact) mass is 252 g/mol. The fourth-order valence-electron chi connectivity index (χ4n) is 1.15. The number of hydrogen-bond acceptors (Lipinski definition) is 3. The summed E-state index contributed by atoms with van der Waals surface area (Å²) in [6.07, 6.45) is 0.0186. The molecule has 0 aromatic heterocycles. The highest BCUT2D eigenvalue weighted by Crippen LogP contribution is 2.26. The average Bonchev–Trinajstić information content (AvgIpc) is 2.06. The summed E-state index contributed by atoms with van der Waals surface area (Å²) >= 11 is 5.55. The summed E-state index contributed by atoms with van der Waals surface area (Å²) in [5, 5.41) is -0.0588. The summed E-state index contributed by atoms with van der Waals surface area (Å²) in [6, 6.07) is 4.34. The lowest BCUT2D eigenvalue weighted by molar-refractivity contribution is 0.231. The molecule has 1 unspecified atom stereocenters. The fourth-order valence-corrected chi connectivity index (χ4v) is 1.96. The van der Waals surface area contributed by atoms with Crippen molar-refractivity contribution in [3.63, 3.8) is 0 Å². The fraction of sp³-hybridized carbons (Fsp3) is 0.333. The maximum atomic E-state index is 13.4. The molecule has 1 atom stereocenters. The van der Waals surface area contributed by atoms with Crippen LogP contribution in [0.3, 0.4) is 0 Å². The van der Waals surface area contributed by atoms with E-state index < -0.39 is 22.0 Å².